The monoisotopic (exact) mass is 503 g/mol. The van der Waals surface area contributed by atoms with E-state index in [1.54, 1.807) is 43.5 Å². The van der Waals surface area contributed by atoms with Gasteiger partial charge in [0.15, 0.2) is 23.6 Å². The van der Waals surface area contributed by atoms with Crippen LogP contribution < -0.4 is 25.3 Å². The van der Waals surface area contributed by atoms with Crippen LogP contribution in [0.15, 0.2) is 18.2 Å². The first-order valence-electron chi connectivity index (χ1n) is 11.0. The summed E-state index contributed by atoms with van der Waals surface area (Å²) in [5, 5.41) is 11.4. The summed E-state index contributed by atoms with van der Waals surface area (Å²) >= 11 is 0. The summed E-state index contributed by atoms with van der Waals surface area (Å²) in [4.78, 5) is 39.7. The molecule has 4 N–H and O–H groups in total. The fraction of sp³-hybridized carbons (Fsp3) is 0.455. The van der Waals surface area contributed by atoms with Gasteiger partial charge >= 0.3 is 18.1 Å². The highest BCUT2D eigenvalue weighted by atomic mass is 16.6. The largest absolute Gasteiger partial charge is 0.479 e. The van der Waals surface area contributed by atoms with E-state index < -0.39 is 24.3 Å². The molecule has 0 fully saturated rings. The van der Waals surface area contributed by atoms with Gasteiger partial charge in [0, 0.05) is 12.6 Å². The molecule has 0 aromatic carbocycles. The number of fused-ring (bicyclic) bond motifs is 1. The molecule has 194 valence electrons. The molecule has 3 rings (SSSR count). The van der Waals surface area contributed by atoms with E-state index in [9.17, 15) is 9.59 Å². The first kappa shape index (κ1) is 26.2. The third-order valence-corrected chi connectivity index (χ3v) is 4.41. The van der Waals surface area contributed by atoms with E-state index in [4.69, 9.17) is 29.8 Å². The van der Waals surface area contributed by atoms with E-state index in [0.29, 0.717) is 29.8 Å². The van der Waals surface area contributed by atoms with Crippen LogP contribution in [-0.2, 0) is 16.1 Å². The number of carbonyl (C=O) groups is 2. The van der Waals surface area contributed by atoms with Crippen LogP contribution in [0.25, 0.3) is 11.2 Å². The number of amides is 1. The van der Waals surface area contributed by atoms with Crippen molar-refractivity contribution in [2.45, 2.75) is 39.3 Å². The minimum atomic E-state index is -1.11. The van der Waals surface area contributed by atoms with Crippen LogP contribution in [0.1, 0.15) is 32.9 Å². The van der Waals surface area contributed by atoms with Gasteiger partial charge in [0.1, 0.15) is 5.60 Å². The zero-order chi connectivity index (χ0) is 26.3. The van der Waals surface area contributed by atoms with Crippen molar-refractivity contribution < 1.29 is 33.6 Å². The Morgan fingerprint density at radius 1 is 1.14 bits per heavy atom. The number of nitrogens with zero attached hydrogens (tertiary/aromatic N) is 5. The maximum absolute atomic E-state index is 11.7. The predicted molar refractivity (Wildman–Crippen MR) is 127 cm³/mol. The van der Waals surface area contributed by atoms with Crippen molar-refractivity contribution in [1.29, 1.82) is 0 Å². The number of carboxylic acids is 1. The topological polar surface area (TPSA) is 186 Å². The Morgan fingerprint density at radius 3 is 2.61 bits per heavy atom. The lowest BCUT2D eigenvalue weighted by Crippen LogP contribution is -2.33. The first-order chi connectivity index (χ1) is 17.1. The normalized spacial score (nSPS) is 11.2. The van der Waals surface area contributed by atoms with Gasteiger partial charge in [-0.1, -0.05) is 6.07 Å². The van der Waals surface area contributed by atoms with Gasteiger partial charge < -0.3 is 35.1 Å². The van der Waals surface area contributed by atoms with Crippen molar-refractivity contribution in [3.63, 3.8) is 0 Å². The number of pyridine rings is 1. The molecule has 3 aromatic heterocycles. The maximum Gasteiger partial charge on any atom is 0.407 e. The summed E-state index contributed by atoms with van der Waals surface area (Å²) < 4.78 is 23.0. The van der Waals surface area contributed by atoms with Gasteiger partial charge in [0.05, 0.1) is 26.0 Å². The number of imidazole rings is 1. The van der Waals surface area contributed by atoms with Crippen LogP contribution in [0.4, 0.5) is 10.6 Å². The second kappa shape index (κ2) is 11.4. The lowest BCUT2D eigenvalue weighted by atomic mass is 10.2. The molecule has 0 aliphatic rings. The molecule has 1 amide bonds. The van der Waals surface area contributed by atoms with Crippen molar-refractivity contribution in [2.75, 3.05) is 32.6 Å². The maximum atomic E-state index is 11.7. The molecule has 14 nitrogen and oxygen atoms in total. The van der Waals surface area contributed by atoms with E-state index in [1.807, 2.05) is 0 Å². The zero-order valence-corrected chi connectivity index (χ0v) is 20.5. The van der Waals surface area contributed by atoms with Gasteiger partial charge in [-0.2, -0.15) is 15.0 Å². The minimum Gasteiger partial charge on any atom is -0.479 e. The number of methoxy groups -OCH3 is 1. The summed E-state index contributed by atoms with van der Waals surface area (Å²) in [5.41, 5.74) is 6.73. The van der Waals surface area contributed by atoms with E-state index in [-0.39, 0.29) is 36.9 Å². The quantitative estimate of drug-likeness (QED) is 0.321. The molecular weight excluding hydrogens is 474 g/mol. The fourth-order valence-corrected chi connectivity index (χ4v) is 3.01. The molecule has 3 aromatic rings. The number of rotatable bonds is 11. The lowest BCUT2D eigenvalue weighted by molar-refractivity contribution is -0.139. The number of ether oxygens (including phenoxy) is 4. The number of nitrogens with one attached hydrogen (secondary N) is 1. The number of alkyl carbamates (subject to hydrolysis) is 1. The minimum absolute atomic E-state index is 0.0348. The van der Waals surface area contributed by atoms with Crippen LogP contribution >= 0.6 is 0 Å². The second-order valence-corrected chi connectivity index (χ2v) is 8.53. The van der Waals surface area contributed by atoms with E-state index >= 15 is 0 Å². The Kier molecular flexibility index (Phi) is 8.30. The third kappa shape index (κ3) is 7.32. The highest BCUT2D eigenvalue weighted by Crippen LogP contribution is 2.26. The van der Waals surface area contributed by atoms with Crippen LogP contribution in [0.5, 0.6) is 17.9 Å². The van der Waals surface area contributed by atoms with Gasteiger partial charge in [-0.15, -0.1) is 0 Å². The SMILES string of the molecule is COc1nc2c(N)nc(OCCCNC(=O)OC(C)(C)C)nc2n1Cc1cccc(OCC(=O)O)n1. The number of aliphatic carboxylic acids is 1. The van der Waals surface area contributed by atoms with E-state index in [2.05, 4.69) is 25.3 Å². The number of carbonyl (C=O) groups excluding carboxylic acids is 1. The highest BCUT2D eigenvalue weighted by molar-refractivity contribution is 5.83. The van der Waals surface area contributed by atoms with Gasteiger partial charge in [-0.25, -0.2) is 14.6 Å². The molecule has 14 heteroatoms. The fourth-order valence-electron chi connectivity index (χ4n) is 3.01. The Labute approximate surface area is 206 Å². The van der Waals surface area contributed by atoms with Crippen LogP contribution in [0, 0.1) is 0 Å². The van der Waals surface area contributed by atoms with Crippen LogP contribution in [0.2, 0.25) is 0 Å². The summed E-state index contributed by atoms with van der Waals surface area (Å²) in [6.45, 7) is 5.58. The predicted octanol–water partition coefficient (Wildman–Crippen LogP) is 1.62. The molecule has 0 atom stereocenters. The molecular formula is C22H29N7O7. The van der Waals surface area contributed by atoms with Gasteiger partial charge in [0.25, 0.3) is 6.01 Å². The lowest BCUT2D eigenvalue weighted by Gasteiger charge is -2.19. The second-order valence-electron chi connectivity index (χ2n) is 8.53. The Morgan fingerprint density at radius 2 is 1.92 bits per heavy atom. The molecule has 0 bridgehead atoms. The number of nitrogens with two attached hydrogens (primary N) is 1. The number of anilines is 1. The Hall–Kier alpha value is -4.36. The number of hydrogen-bond donors (Lipinski definition) is 3. The smallest absolute Gasteiger partial charge is 0.407 e. The standard InChI is InChI=1S/C22H29N7O7/c1-22(2,3)36-21(32)24-9-6-10-34-19-27-17(23)16-18(28-19)29(20(26-16)33-4)11-13-7-5-8-14(25-13)35-12-15(30)31/h5,7-8H,6,9-12H2,1-4H3,(H,24,32)(H,30,31)(H2,23,27,28). The highest BCUT2D eigenvalue weighted by Gasteiger charge is 2.19. The van der Waals surface area contributed by atoms with Gasteiger partial charge in [-0.05, 0) is 33.3 Å². The van der Waals surface area contributed by atoms with Crippen molar-refractivity contribution >= 4 is 29.0 Å². The van der Waals surface area contributed by atoms with Crippen molar-refractivity contribution in [1.82, 2.24) is 29.8 Å². The van der Waals surface area contributed by atoms with Crippen molar-refractivity contribution in [3.8, 4) is 17.9 Å². The number of aromatic nitrogens is 5. The average Bonchev–Trinajstić information content (AvgIpc) is 3.14. The van der Waals surface area contributed by atoms with Crippen molar-refractivity contribution in [2.24, 2.45) is 0 Å². The van der Waals surface area contributed by atoms with Crippen LogP contribution in [0.3, 0.4) is 0 Å². The summed E-state index contributed by atoms with van der Waals surface area (Å²) in [6.07, 6.45) is -0.0256. The molecule has 0 spiro atoms. The summed E-state index contributed by atoms with van der Waals surface area (Å²) in [5.74, 6) is -0.841. The van der Waals surface area contributed by atoms with Crippen LogP contribution in [-0.4, -0.2) is 74.1 Å². The number of nitrogen functional groups attached to an aromatic ring is 1. The van der Waals surface area contributed by atoms with Gasteiger partial charge in [0.2, 0.25) is 5.88 Å². The molecule has 0 radical (unpaired) electrons. The molecule has 36 heavy (non-hydrogen) atoms. The van der Waals surface area contributed by atoms with E-state index in [1.165, 1.54) is 7.11 Å². The summed E-state index contributed by atoms with van der Waals surface area (Å²) in [6, 6.07) is 5.24. The Bertz CT molecular complexity index is 1220. The summed E-state index contributed by atoms with van der Waals surface area (Å²) in [7, 11) is 1.45. The Balaban J connectivity index is 1.70. The zero-order valence-electron chi connectivity index (χ0n) is 20.5. The molecule has 0 saturated heterocycles. The molecule has 3 heterocycles. The first-order valence-corrected chi connectivity index (χ1v) is 11.0. The molecule has 0 aliphatic carbocycles. The average molecular weight is 504 g/mol. The van der Waals surface area contributed by atoms with Crippen molar-refractivity contribution in [3.05, 3.63) is 23.9 Å². The number of carboxylic acid groups (broad SMARTS) is 1. The molecule has 0 aliphatic heterocycles. The molecule has 0 unspecified atom stereocenters. The number of hydrogen-bond acceptors (Lipinski definition) is 11. The third-order valence-electron chi connectivity index (χ3n) is 4.41. The van der Waals surface area contributed by atoms with E-state index in [0.717, 1.165) is 0 Å². The van der Waals surface area contributed by atoms with Gasteiger partial charge in [-0.3, -0.25) is 4.57 Å². The molecule has 0 saturated carbocycles.